The molecule has 12 heteroatoms. The van der Waals surface area contributed by atoms with Crippen LogP contribution in [0, 0.1) is 11.7 Å². The minimum absolute atomic E-state index is 0.0168. The van der Waals surface area contributed by atoms with Gasteiger partial charge in [0.05, 0.1) is 42.1 Å². The normalized spacial score (nSPS) is 21.6. The van der Waals surface area contributed by atoms with Gasteiger partial charge in [0.25, 0.3) is 0 Å². The summed E-state index contributed by atoms with van der Waals surface area (Å²) >= 11 is 0. The summed E-state index contributed by atoms with van der Waals surface area (Å²) in [6.07, 6.45) is 1.84. The second kappa shape index (κ2) is 11.3. The quantitative estimate of drug-likeness (QED) is 0.638. The highest BCUT2D eigenvalue weighted by atomic mass is 32.2. The van der Waals surface area contributed by atoms with E-state index < -0.39 is 28.0 Å². The summed E-state index contributed by atoms with van der Waals surface area (Å²) in [4.78, 5) is 14.4. The molecular formula is C22H32FN5O5S. The minimum atomic E-state index is -3.97. The molecule has 2 aromatic rings. The van der Waals surface area contributed by atoms with Crippen LogP contribution in [0.2, 0.25) is 0 Å². The fraction of sp³-hybridized carbons (Fsp3) is 0.591. The number of aliphatic hydroxyl groups excluding tert-OH is 1. The zero-order valence-corrected chi connectivity index (χ0v) is 20.5. The Morgan fingerprint density at radius 3 is 2.85 bits per heavy atom. The lowest BCUT2D eigenvalue weighted by molar-refractivity contribution is -0.136. The highest BCUT2D eigenvalue weighted by Crippen LogP contribution is 2.21. The number of likely N-dealkylation sites (N-methyl/N-ethyl adjacent to an activating group) is 1. The molecule has 10 nitrogen and oxygen atoms in total. The molecule has 1 aromatic carbocycles. The Morgan fingerprint density at radius 2 is 2.15 bits per heavy atom. The van der Waals surface area contributed by atoms with Crippen molar-refractivity contribution in [2.45, 2.75) is 56.9 Å². The van der Waals surface area contributed by atoms with Crippen molar-refractivity contribution in [2.75, 3.05) is 26.7 Å². The van der Waals surface area contributed by atoms with Crippen LogP contribution in [0.25, 0.3) is 0 Å². The summed E-state index contributed by atoms with van der Waals surface area (Å²) in [6, 6.07) is 4.45. The summed E-state index contributed by atoms with van der Waals surface area (Å²) < 4.78 is 48.7. The van der Waals surface area contributed by atoms with E-state index >= 15 is 0 Å². The minimum Gasteiger partial charge on any atom is -0.394 e. The van der Waals surface area contributed by atoms with Crippen molar-refractivity contribution in [2.24, 2.45) is 5.92 Å². The molecule has 0 spiro atoms. The first-order valence-electron chi connectivity index (χ1n) is 11.2. The molecular weight excluding hydrogens is 465 g/mol. The number of rotatable bonds is 6. The Morgan fingerprint density at radius 1 is 1.38 bits per heavy atom. The van der Waals surface area contributed by atoms with Gasteiger partial charge in [-0.1, -0.05) is 18.2 Å². The van der Waals surface area contributed by atoms with Gasteiger partial charge >= 0.3 is 0 Å². The number of sulfonamides is 1. The van der Waals surface area contributed by atoms with E-state index in [1.807, 2.05) is 6.92 Å². The van der Waals surface area contributed by atoms with Crippen LogP contribution < -0.4 is 0 Å². The summed E-state index contributed by atoms with van der Waals surface area (Å²) in [5.41, 5.74) is 0.724. The van der Waals surface area contributed by atoms with E-state index in [1.54, 1.807) is 22.7 Å². The highest BCUT2D eigenvalue weighted by Gasteiger charge is 2.31. The van der Waals surface area contributed by atoms with Crippen LogP contribution >= 0.6 is 0 Å². The smallest absolute Gasteiger partial charge is 0.243 e. The number of nitrogens with zero attached hydrogens (tertiary/aromatic N) is 5. The highest BCUT2D eigenvalue weighted by molar-refractivity contribution is 7.89. The number of hydrogen-bond donors (Lipinski definition) is 1. The van der Waals surface area contributed by atoms with E-state index in [2.05, 4.69) is 10.3 Å². The molecule has 0 bridgehead atoms. The third-order valence-corrected chi connectivity index (χ3v) is 7.90. The van der Waals surface area contributed by atoms with E-state index in [4.69, 9.17) is 4.74 Å². The number of aliphatic hydroxyl groups is 1. The lowest BCUT2D eigenvalue weighted by Crippen LogP contribution is -2.47. The maximum absolute atomic E-state index is 13.7. The predicted molar refractivity (Wildman–Crippen MR) is 121 cm³/mol. The molecule has 0 fully saturated rings. The zero-order chi connectivity index (χ0) is 24.9. The maximum atomic E-state index is 13.7. The van der Waals surface area contributed by atoms with Gasteiger partial charge in [0.1, 0.15) is 5.82 Å². The number of carbonyl (C=O) groups excluding carboxylic acids is 1. The van der Waals surface area contributed by atoms with Crippen molar-refractivity contribution in [3.05, 3.63) is 42.0 Å². The van der Waals surface area contributed by atoms with Crippen LogP contribution in [0.5, 0.6) is 0 Å². The van der Waals surface area contributed by atoms with Gasteiger partial charge in [0.2, 0.25) is 15.9 Å². The van der Waals surface area contributed by atoms with Crippen molar-refractivity contribution in [1.82, 2.24) is 24.2 Å². The number of fused-ring (bicyclic) bond motifs is 1. The maximum Gasteiger partial charge on any atom is 0.243 e. The van der Waals surface area contributed by atoms with E-state index in [1.165, 1.54) is 25.2 Å². The summed E-state index contributed by atoms with van der Waals surface area (Å²) in [5.74, 6) is -1.01. The Labute approximate surface area is 199 Å². The van der Waals surface area contributed by atoms with Crippen LogP contribution in [0.3, 0.4) is 0 Å². The Bertz CT molecular complexity index is 1080. The summed E-state index contributed by atoms with van der Waals surface area (Å²) in [7, 11) is -2.55. The number of benzene rings is 1. The summed E-state index contributed by atoms with van der Waals surface area (Å²) in [6.45, 7) is 4.37. The topological polar surface area (TPSA) is 118 Å². The Balaban J connectivity index is 1.87. The number of aryl methyl sites for hydroxylation is 1. The molecule has 1 aromatic heterocycles. The Kier molecular flexibility index (Phi) is 8.74. The van der Waals surface area contributed by atoms with Crippen LogP contribution in [-0.2, 0) is 32.7 Å². The van der Waals surface area contributed by atoms with Crippen LogP contribution in [-0.4, -0.2) is 82.5 Å². The van der Waals surface area contributed by atoms with Crippen molar-refractivity contribution >= 4 is 15.9 Å². The number of halogens is 1. The van der Waals surface area contributed by atoms with E-state index in [9.17, 15) is 22.7 Å². The first kappa shape index (κ1) is 26.2. The lowest BCUT2D eigenvalue weighted by atomic mass is 10.0. The first-order chi connectivity index (χ1) is 16.1. The number of hydrogen-bond acceptors (Lipinski definition) is 7. The molecule has 1 aliphatic heterocycles. The van der Waals surface area contributed by atoms with Gasteiger partial charge in [-0.2, -0.15) is 4.31 Å². The standard InChI is InChI=1S/C22H32FN5O5S/c1-16-12-27(17(2)14-29)22(30)8-5-9-28-19(11-24-25-28)15-33-21(16)13-26(3)34(31,32)20-7-4-6-18(23)10-20/h4,6-7,10-11,16-17,21,29H,5,8-9,12-15H2,1-3H3/t16-,17-,21-/m1/s1. The van der Waals surface area contributed by atoms with Gasteiger partial charge < -0.3 is 14.7 Å². The predicted octanol–water partition coefficient (Wildman–Crippen LogP) is 1.26. The average Bonchev–Trinajstić information content (AvgIpc) is 3.25. The molecule has 1 N–H and O–H groups in total. The zero-order valence-electron chi connectivity index (χ0n) is 19.7. The number of amides is 1. The van der Waals surface area contributed by atoms with Crippen LogP contribution in [0.1, 0.15) is 32.4 Å². The molecule has 1 aliphatic rings. The van der Waals surface area contributed by atoms with E-state index in [-0.39, 0.29) is 49.4 Å². The molecule has 34 heavy (non-hydrogen) atoms. The molecule has 0 radical (unpaired) electrons. The second-order valence-corrected chi connectivity index (χ2v) is 10.7. The number of ether oxygens (including phenoxy) is 1. The summed E-state index contributed by atoms with van der Waals surface area (Å²) in [5, 5.41) is 17.7. The largest absolute Gasteiger partial charge is 0.394 e. The number of aromatic nitrogens is 3. The fourth-order valence-corrected chi connectivity index (χ4v) is 5.12. The first-order valence-corrected chi connectivity index (χ1v) is 12.7. The molecule has 0 aliphatic carbocycles. The van der Waals surface area contributed by atoms with Crippen LogP contribution in [0.4, 0.5) is 4.39 Å². The molecule has 188 valence electrons. The van der Waals surface area contributed by atoms with E-state index in [0.29, 0.717) is 13.0 Å². The molecule has 0 saturated carbocycles. The van der Waals surface area contributed by atoms with Gasteiger partial charge in [0.15, 0.2) is 0 Å². The third kappa shape index (κ3) is 6.17. The molecule has 1 amide bonds. The fourth-order valence-electron chi connectivity index (χ4n) is 3.90. The molecule has 3 rings (SSSR count). The van der Waals surface area contributed by atoms with Crippen molar-refractivity contribution in [3.63, 3.8) is 0 Å². The third-order valence-electron chi connectivity index (χ3n) is 6.08. The van der Waals surface area contributed by atoms with Gasteiger partial charge in [-0.25, -0.2) is 17.5 Å². The average molecular weight is 498 g/mol. The van der Waals surface area contributed by atoms with Crippen molar-refractivity contribution in [3.8, 4) is 0 Å². The molecule has 0 unspecified atom stereocenters. The SMILES string of the molecule is C[C@@H]1CN([C@H](C)CO)C(=O)CCCn2nncc2CO[C@@H]1CN(C)S(=O)(=O)c1cccc(F)c1. The van der Waals surface area contributed by atoms with Crippen molar-refractivity contribution in [1.29, 1.82) is 0 Å². The van der Waals surface area contributed by atoms with Gasteiger partial charge in [-0.05, 0) is 31.5 Å². The monoisotopic (exact) mass is 497 g/mol. The van der Waals surface area contributed by atoms with Gasteiger partial charge in [-0.3, -0.25) is 4.79 Å². The van der Waals surface area contributed by atoms with Crippen molar-refractivity contribution < 1.29 is 27.4 Å². The van der Waals surface area contributed by atoms with Gasteiger partial charge in [-0.15, -0.1) is 5.10 Å². The Hall–Kier alpha value is -2.41. The molecule has 3 atom stereocenters. The van der Waals surface area contributed by atoms with Gasteiger partial charge in [0, 0.05) is 39.0 Å². The lowest BCUT2D eigenvalue weighted by Gasteiger charge is -2.35. The molecule has 2 heterocycles. The molecule has 0 saturated heterocycles. The second-order valence-electron chi connectivity index (χ2n) is 8.70. The van der Waals surface area contributed by atoms with E-state index in [0.717, 1.165) is 16.1 Å². The number of carbonyl (C=O) groups is 1. The van der Waals surface area contributed by atoms with Crippen LogP contribution in [0.15, 0.2) is 35.4 Å².